The minimum atomic E-state index is -0.247. The van der Waals surface area contributed by atoms with Crippen molar-refractivity contribution in [1.29, 1.82) is 0 Å². The molecule has 0 unspecified atom stereocenters. The molecule has 2 aromatic rings. The standard InChI is InChI=1S/C18H20ClFN2O/c1-13(15-4-6-16(19)7-5-15)22-12-18(23)21-11-10-14-2-8-17(20)9-3-14/h2-9,13,22H,10-12H2,1H3,(H,21,23)/p+1/t13-/m0/s1. The van der Waals surface area contributed by atoms with Crippen molar-refractivity contribution in [2.45, 2.75) is 19.4 Å². The van der Waals surface area contributed by atoms with Crippen LogP contribution in [-0.4, -0.2) is 19.0 Å². The van der Waals surface area contributed by atoms with Gasteiger partial charge in [-0.25, -0.2) is 4.39 Å². The van der Waals surface area contributed by atoms with E-state index in [-0.39, 0.29) is 17.8 Å². The second kappa shape index (κ2) is 8.65. The first-order chi connectivity index (χ1) is 11.0. The number of rotatable bonds is 7. The Morgan fingerprint density at radius 3 is 2.48 bits per heavy atom. The van der Waals surface area contributed by atoms with Crippen LogP contribution in [0, 0.1) is 5.82 Å². The minimum absolute atomic E-state index is 0.00655. The van der Waals surface area contributed by atoms with Crippen LogP contribution in [0.15, 0.2) is 48.5 Å². The summed E-state index contributed by atoms with van der Waals surface area (Å²) in [7, 11) is 0. The van der Waals surface area contributed by atoms with E-state index in [1.54, 1.807) is 12.1 Å². The van der Waals surface area contributed by atoms with Gasteiger partial charge in [-0.2, -0.15) is 0 Å². The van der Waals surface area contributed by atoms with E-state index in [0.717, 1.165) is 11.1 Å². The molecule has 2 aromatic carbocycles. The number of hydrogen-bond donors (Lipinski definition) is 2. The van der Waals surface area contributed by atoms with Crippen LogP contribution >= 0.6 is 11.6 Å². The van der Waals surface area contributed by atoms with Gasteiger partial charge in [-0.3, -0.25) is 4.79 Å². The highest BCUT2D eigenvalue weighted by Gasteiger charge is 2.11. The van der Waals surface area contributed by atoms with Gasteiger partial charge in [-0.1, -0.05) is 35.9 Å². The molecule has 23 heavy (non-hydrogen) atoms. The van der Waals surface area contributed by atoms with Gasteiger partial charge in [-0.15, -0.1) is 0 Å². The largest absolute Gasteiger partial charge is 0.351 e. The zero-order valence-corrected chi connectivity index (χ0v) is 13.8. The number of nitrogens with one attached hydrogen (secondary N) is 1. The maximum absolute atomic E-state index is 12.8. The summed E-state index contributed by atoms with van der Waals surface area (Å²) in [6, 6.07) is 14.2. The molecule has 0 aromatic heterocycles. The molecule has 0 aliphatic heterocycles. The van der Waals surface area contributed by atoms with Crippen molar-refractivity contribution in [2.24, 2.45) is 0 Å². The normalized spacial score (nSPS) is 12.0. The van der Waals surface area contributed by atoms with Crippen molar-refractivity contribution < 1.29 is 14.5 Å². The number of benzene rings is 2. The monoisotopic (exact) mass is 335 g/mol. The minimum Gasteiger partial charge on any atom is -0.351 e. The van der Waals surface area contributed by atoms with E-state index in [2.05, 4.69) is 12.2 Å². The van der Waals surface area contributed by atoms with Gasteiger partial charge >= 0.3 is 0 Å². The maximum Gasteiger partial charge on any atom is 0.275 e. The highest BCUT2D eigenvalue weighted by atomic mass is 35.5. The lowest BCUT2D eigenvalue weighted by Crippen LogP contribution is -2.87. The molecule has 3 N–H and O–H groups in total. The fraction of sp³-hybridized carbons (Fsp3) is 0.278. The summed E-state index contributed by atoms with van der Waals surface area (Å²) in [6.07, 6.45) is 0.693. The Balaban J connectivity index is 1.68. The molecule has 1 atom stereocenters. The third kappa shape index (κ3) is 6.00. The van der Waals surface area contributed by atoms with Crippen LogP contribution in [-0.2, 0) is 11.2 Å². The Hall–Kier alpha value is -1.91. The van der Waals surface area contributed by atoms with Crippen molar-refractivity contribution >= 4 is 17.5 Å². The highest BCUT2D eigenvalue weighted by molar-refractivity contribution is 6.30. The number of nitrogens with two attached hydrogens (primary N) is 1. The van der Waals surface area contributed by atoms with Gasteiger partial charge in [0.25, 0.3) is 5.91 Å². The van der Waals surface area contributed by atoms with Gasteiger partial charge in [0.15, 0.2) is 6.54 Å². The quantitative estimate of drug-likeness (QED) is 0.802. The molecule has 0 aliphatic carbocycles. The zero-order valence-electron chi connectivity index (χ0n) is 13.1. The molecule has 0 heterocycles. The first-order valence-corrected chi connectivity index (χ1v) is 8.02. The number of halogens is 2. The molecule has 1 amide bonds. The van der Waals surface area contributed by atoms with E-state index in [4.69, 9.17) is 11.6 Å². The van der Waals surface area contributed by atoms with Crippen molar-refractivity contribution in [1.82, 2.24) is 5.32 Å². The third-order valence-electron chi connectivity index (χ3n) is 3.70. The first-order valence-electron chi connectivity index (χ1n) is 7.64. The van der Waals surface area contributed by atoms with Crippen LogP contribution in [0.1, 0.15) is 24.1 Å². The average molecular weight is 336 g/mol. The molecular formula is C18H21ClFN2O+. The number of amides is 1. The molecule has 0 spiro atoms. The van der Waals surface area contributed by atoms with Crippen molar-refractivity contribution in [3.63, 3.8) is 0 Å². The molecule has 2 rings (SSSR count). The first kappa shape index (κ1) is 17.4. The molecule has 0 aliphatic rings. The summed E-state index contributed by atoms with van der Waals surface area (Å²) in [5.41, 5.74) is 2.14. The lowest BCUT2D eigenvalue weighted by Gasteiger charge is -2.11. The Bertz CT molecular complexity index is 628. The van der Waals surface area contributed by atoms with Crippen LogP contribution < -0.4 is 10.6 Å². The van der Waals surface area contributed by atoms with Crippen molar-refractivity contribution in [3.05, 3.63) is 70.5 Å². The smallest absolute Gasteiger partial charge is 0.275 e. The Kier molecular flexibility index (Phi) is 6.56. The molecule has 3 nitrogen and oxygen atoms in total. The second-order valence-corrected chi connectivity index (χ2v) is 5.94. The van der Waals surface area contributed by atoms with Crippen molar-refractivity contribution in [3.8, 4) is 0 Å². The van der Waals surface area contributed by atoms with Crippen LogP contribution in [0.25, 0.3) is 0 Å². The summed E-state index contributed by atoms with van der Waals surface area (Å²) < 4.78 is 12.8. The van der Waals surface area contributed by atoms with Crippen LogP contribution in [0.2, 0.25) is 5.02 Å². The predicted octanol–water partition coefficient (Wildman–Crippen LogP) is 2.46. The lowest BCUT2D eigenvalue weighted by atomic mass is 10.1. The Labute approximate surface area is 140 Å². The van der Waals surface area contributed by atoms with Crippen molar-refractivity contribution in [2.75, 3.05) is 13.1 Å². The SMILES string of the molecule is C[C@H]([NH2+]CC(=O)NCCc1ccc(F)cc1)c1ccc(Cl)cc1. The number of carbonyl (C=O) groups excluding carboxylic acids is 1. The van der Waals surface area contributed by atoms with E-state index in [1.165, 1.54) is 12.1 Å². The number of hydrogen-bond acceptors (Lipinski definition) is 1. The average Bonchev–Trinajstić information content (AvgIpc) is 2.55. The topological polar surface area (TPSA) is 45.7 Å². The van der Waals surface area contributed by atoms with Gasteiger partial charge < -0.3 is 10.6 Å². The lowest BCUT2D eigenvalue weighted by molar-refractivity contribution is -0.682. The van der Waals surface area contributed by atoms with Gasteiger partial charge in [0.05, 0.1) is 0 Å². The van der Waals surface area contributed by atoms with E-state index < -0.39 is 0 Å². The number of quaternary nitrogens is 1. The van der Waals surface area contributed by atoms with Crippen LogP contribution in [0.5, 0.6) is 0 Å². The van der Waals surface area contributed by atoms with Gasteiger partial charge in [0, 0.05) is 17.1 Å². The molecule has 5 heteroatoms. The second-order valence-electron chi connectivity index (χ2n) is 5.51. The molecule has 0 saturated carbocycles. The van der Waals surface area contributed by atoms with Gasteiger partial charge in [0.2, 0.25) is 0 Å². The molecule has 122 valence electrons. The summed E-state index contributed by atoms with van der Waals surface area (Å²) in [5.74, 6) is -0.253. The molecule has 0 bridgehead atoms. The fourth-order valence-corrected chi connectivity index (χ4v) is 2.38. The Morgan fingerprint density at radius 1 is 1.17 bits per heavy atom. The van der Waals surface area contributed by atoms with Crippen LogP contribution in [0.4, 0.5) is 4.39 Å². The van der Waals surface area contributed by atoms with Gasteiger partial charge in [-0.05, 0) is 43.2 Å². The predicted molar refractivity (Wildman–Crippen MR) is 89.8 cm³/mol. The van der Waals surface area contributed by atoms with Crippen LogP contribution in [0.3, 0.4) is 0 Å². The number of carbonyl (C=O) groups is 1. The highest BCUT2D eigenvalue weighted by Crippen LogP contribution is 2.13. The zero-order chi connectivity index (χ0) is 16.7. The molecule has 0 radical (unpaired) electrons. The summed E-state index contributed by atoms with van der Waals surface area (Å²) in [5, 5.41) is 5.57. The summed E-state index contributed by atoms with van der Waals surface area (Å²) in [6.45, 7) is 2.97. The van der Waals surface area contributed by atoms with Gasteiger partial charge in [0.1, 0.15) is 11.9 Å². The maximum atomic E-state index is 12.8. The summed E-state index contributed by atoms with van der Waals surface area (Å²) in [4.78, 5) is 11.9. The van der Waals surface area contributed by atoms with E-state index in [9.17, 15) is 9.18 Å². The van der Waals surface area contributed by atoms with E-state index >= 15 is 0 Å². The Morgan fingerprint density at radius 2 is 1.83 bits per heavy atom. The van der Waals surface area contributed by atoms with E-state index in [1.807, 2.05) is 29.6 Å². The third-order valence-corrected chi connectivity index (χ3v) is 3.95. The van der Waals surface area contributed by atoms with E-state index in [0.29, 0.717) is 24.5 Å². The molecule has 0 saturated heterocycles. The fourth-order valence-electron chi connectivity index (χ4n) is 2.26. The summed E-state index contributed by atoms with van der Waals surface area (Å²) >= 11 is 5.87. The molecular weight excluding hydrogens is 315 g/mol. The molecule has 0 fully saturated rings.